The molecule has 4 rings (SSSR count). The predicted octanol–water partition coefficient (Wildman–Crippen LogP) is 5.08. The highest BCUT2D eigenvalue weighted by atomic mass is 32.2. The lowest BCUT2D eigenvalue weighted by Gasteiger charge is -2.07. The van der Waals surface area contributed by atoms with E-state index < -0.39 is 0 Å². The Morgan fingerprint density at radius 3 is 2.63 bits per heavy atom. The van der Waals surface area contributed by atoms with Gasteiger partial charge in [-0.2, -0.15) is 0 Å². The van der Waals surface area contributed by atoms with E-state index in [4.69, 9.17) is 4.42 Å². The highest BCUT2D eigenvalue weighted by Gasteiger charge is 2.15. The highest BCUT2D eigenvalue weighted by Crippen LogP contribution is 2.26. The molecule has 5 nitrogen and oxygen atoms in total. The van der Waals surface area contributed by atoms with Gasteiger partial charge in [0.15, 0.2) is 0 Å². The van der Waals surface area contributed by atoms with Crippen LogP contribution >= 0.6 is 11.8 Å². The van der Waals surface area contributed by atoms with Crippen molar-refractivity contribution in [3.8, 4) is 0 Å². The van der Waals surface area contributed by atoms with Crippen LogP contribution in [0.2, 0.25) is 0 Å². The summed E-state index contributed by atoms with van der Waals surface area (Å²) in [7, 11) is 0. The number of furan rings is 1. The summed E-state index contributed by atoms with van der Waals surface area (Å²) in [5, 5.41) is 2.91. The first-order valence-corrected chi connectivity index (χ1v) is 9.45. The zero-order chi connectivity index (χ0) is 18.6. The number of amides is 1. The summed E-state index contributed by atoms with van der Waals surface area (Å²) in [6.07, 6.45) is 4.82. The number of carbonyl (C=O) groups excluding carboxylic acids is 1. The SMILES string of the molecule is Cc1ccc(SCc2occc2C(=O)Nc2ccc3nccnc3c2)cc1. The largest absolute Gasteiger partial charge is 0.468 e. The standard InChI is InChI=1S/C21H17N3O2S/c1-14-2-5-16(6-3-14)27-13-20-17(8-11-26-20)21(25)24-15-4-7-18-19(12-15)23-10-9-22-18/h2-12H,13H2,1H3,(H,24,25). The van der Waals surface area contributed by atoms with Gasteiger partial charge in [-0.15, -0.1) is 11.8 Å². The van der Waals surface area contributed by atoms with Crippen molar-refractivity contribution in [1.29, 1.82) is 0 Å². The molecule has 0 fully saturated rings. The fourth-order valence-electron chi connectivity index (χ4n) is 2.68. The molecular formula is C21H17N3O2S. The van der Waals surface area contributed by atoms with Crippen LogP contribution in [0.4, 0.5) is 5.69 Å². The maximum Gasteiger partial charge on any atom is 0.259 e. The van der Waals surface area contributed by atoms with Crippen molar-refractivity contribution < 1.29 is 9.21 Å². The van der Waals surface area contributed by atoms with E-state index in [-0.39, 0.29) is 5.91 Å². The van der Waals surface area contributed by atoms with Gasteiger partial charge in [-0.05, 0) is 43.3 Å². The summed E-state index contributed by atoms with van der Waals surface area (Å²) in [6.45, 7) is 2.06. The minimum atomic E-state index is -0.202. The third kappa shape index (κ3) is 4.01. The number of carbonyl (C=O) groups is 1. The molecule has 0 saturated heterocycles. The number of nitrogens with one attached hydrogen (secondary N) is 1. The van der Waals surface area contributed by atoms with Crippen LogP contribution in [0.5, 0.6) is 0 Å². The van der Waals surface area contributed by atoms with Gasteiger partial charge in [0.05, 0.1) is 28.6 Å². The number of thioether (sulfide) groups is 1. The first-order valence-electron chi connectivity index (χ1n) is 8.47. The Balaban J connectivity index is 1.47. The number of nitrogens with zero attached hydrogens (tertiary/aromatic N) is 2. The lowest BCUT2D eigenvalue weighted by Crippen LogP contribution is -2.12. The van der Waals surface area contributed by atoms with E-state index in [1.165, 1.54) is 5.56 Å². The first kappa shape index (κ1) is 17.3. The van der Waals surface area contributed by atoms with Gasteiger partial charge in [-0.3, -0.25) is 14.8 Å². The van der Waals surface area contributed by atoms with Gasteiger partial charge in [0.2, 0.25) is 0 Å². The highest BCUT2D eigenvalue weighted by molar-refractivity contribution is 7.98. The second kappa shape index (κ2) is 7.63. The molecule has 6 heteroatoms. The molecule has 0 radical (unpaired) electrons. The van der Waals surface area contributed by atoms with Crippen molar-refractivity contribution in [3.63, 3.8) is 0 Å². The van der Waals surface area contributed by atoms with Crippen LogP contribution in [0.1, 0.15) is 21.7 Å². The minimum Gasteiger partial charge on any atom is -0.468 e. The molecular weight excluding hydrogens is 358 g/mol. The Morgan fingerprint density at radius 1 is 1.04 bits per heavy atom. The number of aromatic nitrogens is 2. The van der Waals surface area contributed by atoms with Gasteiger partial charge in [0.1, 0.15) is 5.76 Å². The normalized spacial score (nSPS) is 10.9. The van der Waals surface area contributed by atoms with E-state index in [1.807, 2.05) is 12.1 Å². The minimum absolute atomic E-state index is 0.202. The van der Waals surface area contributed by atoms with Crippen molar-refractivity contribution in [2.45, 2.75) is 17.6 Å². The van der Waals surface area contributed by atoms with E-state index in [2.05, 4.69) is 46.5 Å². The number of anilines is 1. The Labute approximate surface area is 160 Å². The van der Waals surface area contributed by atoms with Crippen LogP contribution in [0.3, 0.4) is 0 Å². The summed E-state index contributed by atoms with van der Waals surface area (Å²) in [5.41, 5.74) is 3.95. The average molecular weight is 375 g/mol. The zero-order valence-corrected chi connectivity index (χ0v) is 15.5. The number of benzene rings is 2. The van der Waals surface area contributed by atoms with E-state index >= 15 is 0 Å². The molecule has 0 unspecified atom stereocenters. The summed E-state index contributed by atoms with van der Waals surface area (Å²) in [6, 6.07) is 15.4. The number of hydrogen-bond donors (Lipinski definition) is 1. The van der Waals surface area contributed by atoms with Gasteiger partial charge >= 0.3 is 0 Å². The third-order valence-corrected chi connectivity index (χ3v) is 5.12. The second-order valence-electron chi connectivity index (χ2n) is 6.07. The number of aryl methyl sites for hydroxylation is 1. The summed E-state index contributed by atoms with van der Waals surface area (Å²) < 4.78 is 5.54. The predicted molar refractivity (Wildman–Crippen MR) is 107 cm³/mol. The Bertz CT molecular complexity index is 1090. The molecule has 0 bridgehead atoms. The van der Waals surface area contributed by atoms with Gasteiger partial charge in [0.25, 0.3) is 5.91 Å². The molecule has 27 heavy (non-hydrogen) atoms. The van der Waals surface area contributed by atoms with Crippen LogP contribution in [0, 0.1) is 6.92 Å². The van der Waals surface area contributed by atoms with Crippen LogP contribution in [-0.4, -0.2) is 15.9 Å². The molecule has 4 aromatic rings. The van der Waals surface area contributed by atoms with Crippen LogP contribution < -0.4 is 5.32 Å². The summed E-state index contributed by atoms with van der Waals surface area (Å²) >= 11 is 1.63. The lowest BCUT2D eigenvalue weighted by atomic mass is 10.2. The van der Waals surface area contributed by atoms with E-state index in [1.54, 1.807) is 42.6 Å². The van der Waals surface area contributed by atoms with E-state index in [0.29, 0.717) is 22.8 Å². The number of rotatable bonds is 5. The molecule has 134 valence electrons. The van der Waals surface area contributed by atoms with Crippen molar-refractivity contribution in [2.24, 2.45) is 0 Å². The fraction of sp³-hybridized carbons (Fsp3) is 0.0952. The van der Waals surface area contributed by atoms with Gasteiger partial charge < -0.3 is 9.73 Å². The molecule has 2 heterocycles. The quantitative estimate of drug-likeness (QED) is 0.493. The lowest BCUT2D eigenvalue weighted by molar-refractivity contribution is 0.102. The maximum atomic E-state index is 12.7. The third-order valence-electron chi connectivity index (χ3n) is 4.11. The van der Waals surface area contributed by atoms with E-state index in [9.17, 15) is 4.79 Å². The van der Waals surface area contributed by atoms with Crippen molar-refractivity contribution in [1.82, 2.24) is 9.97 Å². The van der Waals surface area contributed by atoms with Crippen LogP contribution in [0.15, 0.2) is 76.5 Å². The fourth-order valence-corrected chi connectivity index (χ4v) is 3.53. The van der Waals surface area contributed by atoms with Crippen LogP contribution in [-0.2, 0) is 5.75 Å². The maximum absolute atomic E-state index is 12.7. The monoisotopic (exact) mass is 375 g/mol. The number of fused-ring (bicyclic) bond motifs is 1. The van der Waals surface area contributed by atoms with Crippen LogP contribution in [0.25, 0.3) is 11.0 Å². The molecule has 0 spiro atoms. The van der Waals surface area contributed by atoms with Gasteiger partial charge in [0, 0.05) is 23.0 Å². The Morgan fingerprint density at radius 2 is 1.81 bits per heavy atom. The molecule has 0 aliphatic heterocycles. The first-order chi connectivity index (χ1) is 13.2. The molecule has 2 aromatic carbocycles. The molecule has 2 aromatic heterocycles. The molecule has 1 N–H and O–H groups in total. The Kier molecular flexibility index (Phi) is 4.89. The average Bonchev–Trinajstić information content (AvgIpc) is 3.16. The van der Waals surface area contributed by atoms with Gasteiger partial charge in [-0.1, -0.05) is 17.7 Å². The topological polar surface area (TPSA) is 68.0 Å². The number of hydrogen-bond acceptors (Lipinski definition) is 5. The molecule has 0 aliphatic rings. The van der Waals surface area contributed by atoms with E-state index in [0.717, 1.165) is 15.9 Å². The molecule has 0 saturated carbocycles. The second-order valence-corrected chi connectivity index (χ2v) is 7.12. The molecule has 0 atom stereocenters. The van der Waals surface area contributed by atoms with Crippen molar-refractivity contribution in [3.05, 3.63) is 84.1 Å². The molecule has 0 aliphatic carbocycles. The van der Waals surface area contributed by atoms with Crippen molar-refractivity contribution in [2.75, 3.05) is 5.32 Å². The summed E-state index contributed by atoms with van der Waals surface area (Å²) in [5.74, 6) is 1.03. The summed E-state index contributed by atoms with van der Waals surface area (Å²) in [4.78, 5) is 22.3. The van der Waals surface area contributed by atoms with Crippen molar-refractivity contribution >= 4 is 34.4 Å². The smallest absolute Gasteiger partial charge is 0.259 e. The zero-order valence-electron chi connectivity index (χ0n) is 14.7. The molecule has 1 amide bonds. The Hall–Kier alpha value is -3.12. The van der Waals surface area contributed by atoms with Gasteiger partial charge in [-0.25, -0.2) is 0 Å².